The summed E-state index contributed by atoms with van der Waals surface area (Å²) in [6, 6.07) is 6.71. The zero-order valence-electron chi connectivity index (χ0n) is 13.1. The number of fused-ring (bicyclic) bond motifs is 2. The molecule has 0 aliphatic carbocycles. The molecular weight excluding hydrogens is 330 g/mol. The monoisotopic (exact) mass is 344 g/mol. The zero-order valence-corrected chi connectivity index (χ0v) is 13.1. The second kappa shape index (κ2) is 6.12. The van der Waals surface area contributed by atoms with Crippen LogP contribution < -0.4 is 10.1 Å². The average molecular weight is 344 g/mol. The molecule has 0 unspecified atom stereocenters. The maximum atomic E-state index is 12.3. The van der Waals surface area contributed by atoms with Crippen molar-refractivity contribution in [1.82, 2.24) is 20.3 Å². The van der Waals surface area contributed by atoms with Crippen molar-refractivity contribution in [1.29, 1.82) is 0 Å². The van der Waals surface area contributed by atoms with Gasteiger partial charge in [-0.1, -0.05) is 0 Å². The molecule has 2 N–H and O–H groups in total. The molecule has 0 spiro atoms. The van der Waals surface area contributed by atoms with Gasteiger partial charge in [-0.05, 0) is 18.2 Å². The standard InChI is InChI=1S/C17H14F2N4O2/c18-14(19)8-25-15-2-1-12-16(23-15)9(3-5-20-12)13-7-10-11(22-13)4-6-21-17(10)24/h1-3,5,7,14,22H,4,6,8H2,(H,21,24). The summed E-state index contributed by atoms with van der Waals surface area (Å²) in [5.41, 5.74) is 4.07. The lowest BCUT2D eigenvalue weighted by molar-refractivity contribution is 0.0797. The fraction of sp³-hybridized carbons (Fsp3) is 0.235. The number of hydrogen-bond acceptors (Lipinski definition) is 4. The van der Waals surface area contributed by atoms with Gasteiger partial charge in [0.15, 0.2) is 6.61 Å². The van der Waals surface area contributed by atoms with Crippen molar-refractivity contribution < 1.29 is 18.3 Å². The summed E-state index contributed by atoms with van der Waals surface area (Å²) in [5, 5.41) is 2.80. The minimum absolute atomic E-state index is 0.108. The highest BCUT2D eigenvalue weighted by atomic mass is 19.3. The Balaban J connectivity index is 1.78. The molecule has 0 bridgehead atoms. The average Bonchev–Trinajstić information content (AvgIpc) is 3.04. The summed E-state index contributed by atoms with van der Waals surface area (Å²) in [4.78, 5) is 23.8. The molecule has 0 radical (unpaired) electrons. The van der Waals surface area contributed by atoms with Gasteiger partial charge in [0.2, 0.25) is 5.88 Å². The van der Waals surface area contributed by atoms with Crippen LogP contribution in [0.2, 0.25) is 0 Å². The molecule has 25 heavy (non-hydrogen) atoms. The molecule has 0 saturated heterocycles. The van der Waals surface area contributed by atoms with Crippen molar-refractivity contribution in [3.8, 4) is 17.1 Å². The predicted octanol–water partition coefficient (Wildman–Crippen LogP) is 2.55. The number of nitrogens with zero attached hydrogens (tertiary/aromatic N) is 2. The molecule has 0 saturated carbocycles. The van der Waals surface area contributed by atoms with E-state index < -0.39 is 13.0 Å². The van der Waals surface area contributed by atoms with E-state index in [2.05, 4.69) is 20.3 Å². The van der Waals surface area contributed by atoms with Crippen LogP contribution in [0, 0.1) is 0 Å². The highest BCUT2D eigenvalue weighted by Crippen LogP contribution is 2.29. The van der Waals surface area contributed by atoms with Gasteiger partial charge in [-0.25, -0.2) is 13.8 Å². The van der Waals surface area contributed by atoms with Gasteiger partial charge >= 0.3 is 0 Å². The number of pyridine rings is 2. The van der Waals surface area contributed by atoms with Gasteiger partial charge in [0.05, 0.1) is 11.1 Å². The number of H-pyrrole nitrogens is 1. The van der Waals surface area contributed by atoms with E-state index in [0.29, 0.717) is 23.1 Å². The molecule has 6 nitrogen and oxygen atoms in total. The van der Waals surface area contributed by atoms with E-state index >= 15 is 0 Å². The van der Waals surface area contributed by atoms with E-state index in [9.17, 15) is 13.6 Å². The Bertz CT molecular complexity index is 955. The summed E-state index contributed by atoms with van der Waals surface area (Å²) in [6.07, 6.45) is -0.210. The van der Waals surface area contributed by atoms with Crippen LogP contribution in [0.3, 0.4) is 0 Å². The van der Waals surface area contributed by atoms with Crippen molar-refractivity contribution in [2.24, 2.45) is 0 Å². The van der Waals surface area contributed by atoms with Crippen LogP contribution in [0.25, 0.3) is 22.3 Å². The van der Waals surface area contributed by atoms with E-state index in [0.717, 1.165) is 23.4 Å². The third kappa shape index (κ3) is 2.90. The lowest BCUT2D eigenvalue weighted by atomic mass is 10.1. The summed E-state index contributed by atoms with van der Waals surface area (Å²) in [7, 11) is 0. The van der Waals surface area contributed by atoms with Crippen LogP contribution in [-0.2, 0) is 6.42 Å². The zero-order chi connectivity index (χ0) is 17.4. The van der Waals surface area contributed by atoms with Crippen LogP contribution in [-0.4, -0.2) is 40.4 Å². The Morgan fingerprint density at radius 2 is 2.12 bits per heavy atom. The van der Waals surface area contributed by atoms with Crippen LogP contribution in [0.1, 0.15) is 16.1 Å². The molecule has 4 rings (SSSR count). The van der Waals surface area contributed by atoms with E-state index in [4.69, 9.17) is 4.74 Å². The van der Waals surface area contributed by atoms with Crippen LogP contribution in [0.5, 0.6) is 5.88 Å². The minimum atomic E-state index is -2.57. The summed E-state index contributed by atoms with van der Waals surface area (Å²) >= 11 is 0. The number of hydrogen-bond donors (Lipinski definition) is 2. The van der Waals surface area contributed by atoms with Crippen molar-refractivity contribution in [2.75, 3.05) is 13.2 Å². The first-order valence-electron chi connectivity index (χ1n) is 7.79. The van der Waals surface area contributed by atoms with Crippen molar-refractivity contribution >= 4 is 16.9 Å². The Morgan fingerprint density at radius 1 is 1.24 bits per heavy atom. The largest absolute Gasteiger partial charge is 0.472 e. The van der Waals surface area contributed by atoms with Gasteiger partial charge in [-0.3, -0.25) is 9.78 Å². The number of aromatic nitrogens is 3. The topological polar surface area (TPSA) is 79.9 Å². The SMILES string of the molecule is O=C1NCCc2[nH]c(-c3ccnc4ccc(OCC(F)F)nc34)cc21. The quantitative estimate of drug-likeness (QED) is 0.762. The number of aromatic amines is 1. The smallest absolute Gasteiger partial charge is 0.272 e. The number of rotatable bonds is 4. The minimum Gasteiger partial charge on any atom is -0.472 e. The maximum Gasteiger partial charge on any atom is 0.272 e. The molecule has 1 amide bonds. The molecule has 1 aliphatic heterocycles. The number of carbonyl (C=O) groups excluding carboxylic acids is 1. The maximum absolute atomic E-state index is 12.3. The lowest BCUT2D eigenvalue weighted by Gasteiger charge is -2.11. The number of carbonyl (C=O) groups is 1. The number of amides is 1. The Labute approximate surface area is 141 Å². The molecular formula is C17H14F2N4O2. The Morgan fingerprint density at radius 3 is 2.92 bits per heavy atom. The fourth-order valence-corrected chi connectivity index (χ4v) is 2.89. The van der Waals surface area contributed by atoms with Gasteiger partial charge in [0, 0.05) is 42.2 Å². The van der Waals surface area contributed by atoms with Crippen LogP contribution in [0.15, 0.2) is 30.5 Å². The molecule has 0 aromatic carbocycles. The Kier molecular flexibility index (Phi) is 3.79. The van der Waals surface area contributed by atoms with E-state index in [1.165, 1.54) is 6.07 Å². The predicted molar refractivity (Wildman–Crippen MR) is 86.9 cm³/mol. The normalized spacial score (nSPS) is 13.8. The molecule has 8 heteroatoms. The highest BCUT2D eigenvalue weighted by Gasteiger charge is 2.21. The second-order valence-corrected chi connectivity index (χ2v) is 5.66. The van der Waals surface area contributed by atoms with Crippen LogP contribution in [0.4, 0.5) is 8.78 Å². The van der Waals surface area contributed by atoms with Gasteiger partial charge in [-0.2, -0.15) is 0 Å². The third-order valence-electron chi connectivity index (χ3n) is 4.01. The lowest BCUT2D eigenvalue weighted by Crippen LogP contribution is -2.31. The van der Waals surface area contributed by atoms with E-state index in [1.54, 1.807) is 24.4 Å². The Hall–Kier alpha value is -3.03. The number of alkyl halides is 2. The summed E-state index contributed by atoms with van der Waals surface area (Å²) in [5.74, 6) is -0.00728. The molecule has 128 valence electrons. The van der Waals surface area contributed by atoms with Crippen LogP contribution >= 0.6 is 0 Å². The first-order chi connectivity index (χ1) is 12.1. The van der Waals surface area contributed by atoms with Gasteiger partial charge in [0.1, 0.15) is 5.52 Å². The first kappa shape index (κ1) is 15.5. The molecule has 3 aromatic rings. The molecule has 4 heterocycles. The molecule has 0 fully saturated rings. The summed E-state index contributed by atoms with van der Waals surface area (Å²) in [6.45, 7) is -0.127. The van der Waals surface area contributed by atoms with Gasteiger partial charge in [-0.15, -0.1) is 0 Å². The molecule has 0 atom stereocenters. The van der Waals surface area contributed by atoms with E-state index in [1.807, 2.05) is 0 Å². The molecule has 3 aromatic heterocycles. The molecule has 1 aliphatic rings. The van der Waals surface area contributed by atoms with Crippen molar-refractivity contribution in [2.45, 2.75) is 12.8 Å². The fourth-order valence-electron chi connectivity index (χ4n) is 2.89. The highest BCUT2D eigenvalue weighted by molar-refractivity contribution is 5.99. The number of halogens is 2. The summed E-state index contributed by atoms with van der Waals surface area (Å²) < 4.78 is 29.7. The number of ether oxygens (including phenoxy) is 1. The van der Waals surface area contributed by atoms with Crippen molar-refractivity contribution in [3.63, 3.8) is 0 Å². The van der Waals surface area contributed by atoms with Gasteiger partial charge in [0.25, 0.3) is 12.3 Å². The second-order valence-electron chi connectivity index (χ2n) is 5.66. The van der Waals surface area contributed by atoms with Crippen molar-refractivity contribution in [3.05, 3.63) is 41.7 Å². The van der Waals surface area contributed by atoms with E-state index in [-0.39, 0.29) is 11.8 Å². The van der Waals surface area contributed by atoms with Gasteiger partial charge < -0.3 is 15.0 Å². The third-order valence-corrected chi connectivity index (χ3v) is 4.01. The first-order valence-corrected chi connectivity index (χ1v) is 7.79. The number of nitrogens with one attached hydrogen (secondary N) is 2.